The summed E-state index contributed by atoms with van der Waals surface area (Å²) in [5.41, 5.74) is 8.75. The van der Waals surface area contributed by atoms with Crippen LogP contribution in [0.2, 0.25) is 5.02 Å². The molecule has 0 radical (unpaired) electrons. The van der Waals surface area contributed by atoms with E-state index in [1.54, 1.807) is 0 Å². The van der Waals surface area contributed by atoms with Crippen molar-refractivity contribution in [2.24, 2.45) is 0 Å². The molecule has 0 unspecified atom stereocenters. The molecule has 0 aliphatic rings. The number of benzene rings is 2. The summed E-state index contributed by atoms with van der Waals surface area (Å²) < 4.78 is 0.880. The molecule has 0 saturated carbocycles. The third-order valence-electron chi connectivity index (χ3n) is 2.46. The molecule has 0 aliphatic heterocycles. The average molecular weight is 312 g/mol. The molecule has 3 N–H and O–H groups in total. The summed E-state index contributed by atoms with van der Waals surface area (Å²) in [6.07, 6.45) is 0. The van der Waals surface area contributed by atoms with Crippen molar-refractivity contribution in [3.05, 3.63) is 57.5 Å². The Labute approximate surface area is 114 Å². The van der Waals surface area contributed by atoms with Crippen LogP contribution in [0, 0.1) is 0 Å². The van der Waals surface area contributed by atoms with Crippen molar-refractivity contribution in [2.45, 2.75) is 6.54 Å². The topological polar surface area (TPSA) is 38.0 Å². The zero-order chi connectivity index (χ0) is 12.3. The number of halogens is 2. The zero-order valence-electron chi connectivity index (χ0n) is 9.08. The van der Waals surface area contributed by atoms with Crippen LogP contribution in [0.25, 0.3) is 0 Å². The standard InChI is InChI=1S/C13H12BrClN2/c14-11-7-10(5-6-12(11)15)17-8-9-3-1-2-4-13(9)16/h1-7,17H,8,16H2. The summed E-state index contributed by atoms with van der Waals surface area (Å²) in [4.78, 5) is 0. The van der Waals surface area contributed by atoms with Crippen LogP contribution in [0.15, 0.2) is 46.9 Å². The molecule has 0 bridgehead atoms. The van der Waals surface area contributed by atoms with E-state index in [4.69, 9.17) is 17.3 Å². The monoisotopic (exact) mass is 310 g/mol. The van der Waals surface area contributed by atoms with Crippen molar-refractivity contribution >= 4 is 38.9 Å². The van der Waals surface area contributed by atoms with Crippen molar-refractivity contribution < 1.29 is 0 Å². The van der Waals surface area contributed by atoms with Gasteiger partial charge in [0.1, 0.15) is 0 Å². The fourth-order valence-corrected chi connectivity index (χ4v) is 1.99. The van der Waals surface area contributed by atoms with Crippen LogP contribution in [-0.4, -0.2) is 0 Å². The third kappa shape index (κ3) is 3.14. The Bertz CT molecular complexity index is 529. The quantitative estimate of drug-likeness (QED) is 0.830. The van der Waals surface area contributed by atoms with E-state index in [2.05, 4.69) is 21.2 Å². The molecule has 2 aromatic carbocycles. The van der Waals surface area contributed by atoms with Gasteiger partial charge in [-0.05, 0) is 45.8 Å². The fourth-order valence-electron chi connectivity index (χ4n) is 1.50. The summed E-state index contributed by atoms with van der Waals surface area (Å²) in [7, 11) is 0. The van der Waals surface area contributed by atoms with Crippen LogP contribution in [-0.2, 0) is 6.54 Å². The third-order valence-corrected chi connectivity index (χ3v) is 3.67. The molecule has 0 aromatic heterocycles. The lowest BCUT2D eigenvalue weighted by Crippen LogP contribution is -2.02. The lowest BCUT2D eigenvalue weighted by atomic mass is 10.2. The van der Waals surface area contributed by atoms with E-state index in [1.165, 1.54) is 0 Å². The molecule has 2 aromatic rings. The number of hydrogen-bond donors (Lipinski definition) is 2. The van der Waals surface area contributed by atoms with Crippen LogP contribution in [0.1, 0.15) is 5.56 Å². The predicted molar refractivity (Wildman–Crippen MR) is 77.3 cm³/mol. The van der Waals surface area contributed by atoms with E-state index in [9.17, 15) is 0 Å². The Morgan fingerprint density at radius 3 is 2.65 bits per heavy atom. The maximum Gasteiger partial charge on any atom is 0.0549 e. The van der Waals surface area contributed by atoms with Crippen LogP contribution >= 0.6 is 27.5 Å². The second-order valence-corrected chi connectivity index (χ2v) is 4.94. The van der Waals surface area contributed by atoms with Gasteiger partial charge >= 0.3 is 0 Å². The summed E-state index contributed by atoms with van der Waals surface area (Å²) in [5.74, 6) is 0. The number of anilines is 2. The van der Waals surface area contributed by atoms with Gasteiger partial charge in [0.2, 0.25) is 0 Å². The molecular formula is C13H12BrClN2. The van der Waals surface area contributed by atoms with E-state index in [0.29, 0.717) is 11.6 Å². The van der Waals surface area contributed by atoms with Gasteiger partial charge in [-0.2, -0.15) is 0 Å². The largest absolute Gasteiger partial charge is 0.398 e. The second kappa shape index (κ2) is 5.43. The molecule has 17 heavy (non-hydrogen) atoms. The average Bonchev–Trinajstić information content (AvgIpc) is 2.32. The number of para-hydroxylation sites is 1. The molecule has 0 atom stereocenters. The van der Waals surface area contributed by atoms with Gasteiger partial charge in [-0.3, -0.25) is 0 Å². The van der Waals surface area contributed by atoms with Gasteiger partial charge in [-0.15, -0.1) is 0 Å². The van der Waals surface area contributed by atoms with Gasteiger partial charge in [0, 0.05) is 22.4 Å². The molecule has 0 spiro atoms. The fraction of sp³-hybridized carbons (Fsp3) is 0.0769. The molecule has 0 amide bonds. The van der Waals surface area contributed by atoms with Crippen molar-refractivity contribution in [3.63, 3.8) is 0 Å². The maximum atomic E-state index is 5.93. The molecule has 0 fully saturated rings. The molecule has 4 heteroatoms. The SMILES string of the molecule is Nc1ccccc1CNc1ccc(Cl)c(Br)c1. The zero-order valence-corrected chi connectivity index (χ0v) is 11.4. The Balaban J connectivity index is 2.08. The smallest absolute Gasteiger partial charge is 0.0549 e. The van der Waals surface area contributed by atoms with Gasteiger partial charge in [0.15, 0.2) is 0 Å². The number of rotatable bonds is 3. The lowest BCUT2D eigenvalue weighted by Gasteiger charge is -2.09. The van der Waals surface area contributed by atoms with Crippen LogP contribution < -0.4 is 11.1 Å². The first-order valence-electron chi connectivity index (χ1n) is 5.19. The number of hydrogen-bond acceptors (Lipinski definition) is 2. The van der Waals surface area contributed by atoms with Gasteiger partial charge in [0.25, 0.3) is 0 Å². The Hall–Kier alpha value is -1.19. The summed E-state index contributed by atoms with van der Waals surface area (Å²) in [6.45, 7) is 0.695. The number of nitrogens with two attached hydrogens (primary N) is 1. The molecule has 0 heterocycles. The van der Waals surface area contributed by atoms with Crippen molar-refractivity contribution in [3.8, 4) is 0 Å². The number of nitrogen functional groups attached to an aromatic ring is 1. The summed E-state index contributed by atoms with van der Waals surface area (Å²) in [5, 5.41) is 4.00. The van der Waals surface area contributed by atoms with E-state index in [0.717, 1.165) is 21.4 Å². The van der Waals surface area contributed by atoms with Gasteiger partial charge in [-0.25, -0.2) is 0 Å². The van der Waals surface area contributed by atoms with Gasteiger partial charge in [-0.1, -0.05) is 29.8 Å². The number of nitrogens with one attached hydrogen (secondary N) is 1. The highest BCUT2D eigenvalue weighted by Crippen LogP contribution is 2.26. The Morgan fingerprint density at radius 1 is 1.18 bits per heavy atom. The van der Waals surface area contributed by atoms with Crippen LogP contribution in [0.3, 0.4) is 0 Å². The van der Waals surface area contributed by atoms with Gasteiger partial charge < -0.3 is 11.1 Å². The first-order chi connectivity index (χ1) is 8.16. The van der Waals surface area contributed by atoms with E-state index < -0.39 is 0 Å². The molecule has 2 nitrogen and oxygen atoms in total. The van der Waals surface area contributed by atoms with E-state index >= 15 is 0 Å². The predicted octanol–water partition coefficient (Wildman–Crippen LogP) is 4.30. The normalized spacial score (nSPS) is 10.2. The first kappa shape index (κ1) is 12.3. The van der Waals surface area contributed by atoms with Crippen molar-refractivity contribution in [1.29, 1.82) is 0 Å². The van der Waals surface area contributed by atoms with Crippen LogP contribution in [0.4, 0.5) is 11.4 Å². The highest BCUT2D eigenvalue weighted by Gasteiger charge is 2.00. The van der Waals surface area contributed by atoms with E-state index in [-0.39, 0.29) is 0 Å². The first-order valence-corrected chi connectivity index (χ1v) is 6.36. The Morgan fingerprint density at radius 2 is 1.94 bits per heavy atom. The highest BCUT2D eigenvalue weighted by molar-refractivity contribution is 9.10. The van der Waals surface area contributed by atoms with Crippen molar-refractivity contribution in [2.75, 3.05) is 11.1 Å². The minimum absolute atomic E-state index is 0.695. The molecule has 88 valence electrons. The molecule has 2 rings (SSSR count). The minimum atomic E-state index is 0.695. The van der Waals surface area contributed by atoms with Gasteiger partial charge in [0.05, 0.1) is 5.02 Å². The molecular weight excluding hydrogens is 300 g/mol. The lowest BCUT2D eigenvalue weighted by molar-refractivity contribution is 1.15. The van der Waals surface area contributed by atoms with Crippen LogP contribution in [0.5, 0.6) is 0 Å². The minimum Gasteiger partial charge on any atom is -0.398 e. The van der Waals surface area contributed by atoms with Crippen molar-refractivity contribution in [1.82, 2.24) is 0 Å². The summed E-state index contributed by atoms with van der Waals surface area (Å²) in [6, 6.07) is 13.5. The van der Waals surface area contributed by atoms with E-state index in [1.807, 2.05) is 42.5 Å². The molecule has 0 saturated heterocycles. The maximum absolute atomic E-state index is 5.93. The molecule has 0 aliphatic carbocycles. The second-order valence-electron chi connectivity index (χ2n) is 3.68. The Kier molecular flexibility index (Phi) is 3.92. The summed E-state index contributed by atoms with van der Waals surface area (Å²) >= 11 is 9.32. The highest BCUT2D eigenvalue weighted by atomic mass is 79.9.